The van der Waals surface area contributed by atoms with E-state index in [-0.39, 0.29) is 23.1 Å². The summed E-state index contributed by atoms with van der Waals surface area (Å²) in [5.74, 6) is 1.72. The van der Waals surface area contributed by atoms with Crippen LogP contribution in [0, 0.1) is 5.92 Å². The topological polar surface area (TPSA) is 56.7 Å². The van der Waals surface area contributed by atoms with Gasteiger partial charge >= 0.3 is 0 Å². The van der Waals surface area contributed by atoms with Gasteiger partial charge in [-0.25, -0.2) is 0 Å². The number of halogens is 1. The van der Waals surface area contributed by atoms with Gasteiger partial charge in [-0.05, 0) is 18.8 Å². The molecule has 0 spiro atoms. The molecule has 1 saturated carbocycles. The Morgan fingerprint density at radius 3 is 2.85 bits per heavy atom. The highest BCUT2D eigenvalue weighted by Crippen LogP contribution is 2.27. The SMILES string of the molecule is Br.OC1CN=C(NCC2CC2)NC1. The number of nitrogens with zero attached hydrogens (tertiary/aromatic N) is 1. The lowest BCUT2D eigenvalue weighted by atomic mass is 10.3. The Morgan fingerprint density at radius 1 is 1.54 bits per heavy atom. The molecule has 4 nitrogen and oxygen atoms in total. The fraction of sp³-hybridized carbons (Fsp3) is 0.875. The van der Waals surface area contributed by atoms with Crippen molar-refractivity contribution in [2.75, 3.05) is 19.6 Å². The van der Waals surface area contributed by atoms with E-state index in [0.717, 1.165) is 18.4 Å². The van der Waals surface area contributed by atoms with Gasteiger partial charge in [0, 0.05) is 13.1 Å². The molecule has 0 aromatic heterocycles. The summed E-state index contributed by atoms with van der Waals surface area (Å²) in [6, 6.07) is 0. The van der Waals surface area contributed by atoms with E-state index in [1.807, 2.05) is 0 Å². The van der Waals surface area contributed by atoms with Crippen molar-refractivity contribution in [1.82, 2.24) is 10.6 Å². The zero-order valence-electron chi connectivity index (χ0n) is 7.49. The van der Waals surface area contributed by atoms with Crippen LogP contribution < -0.4 is 10.6 Å². The number of β-amino-alcohol motifs (C(OH)–C–C–N with tert-alkyl or cyclic N) is 1. The van der Waals surface area contributed by atoms with Crippen LogP contribution in [0.15, 0.2) is 4.99 Å². The average Bonchev–Trinajstić information content (AvgIpc) is 2.87. The second-order valence-corrected chi connectivity index (χ2v) is 3.55. The van der Waals surface area contributed by atoms with Gasteiger partial charge in [-0.3, -0.25) is 4.99 Å². The molecule has 13 heavy (non-hydrogen) atoms. The minimum absolute atomic E-state index is 0. The van der Waals surface area contributed by atoms with Crippen LogP contribution in [-0.4, -0.2) is 36.8 Å². The van der Waals surface area contributed by atoms with Gasteiger partial charge in [0.1, 0.15) is 0 Å². The predicted octanol–water partition coefficient (Wildman–Crippen LogP) is -0.116. The van der Waals surface area contributed by atoms with Crippen molar-refractivity contribution in [3.05, 3.63) is 0 Å². The van der Waals surface area contributed by atoms with Gasteiger partial charge in [0.25, 0.3) is 0 Å². The van der Waals surface area contributed by atoms with Crippen LogP contribution in [0.25, 0.3) is 0 Å². The Balaban J connectivity index is 0.000000845. The maximum Gasteiger partial charge on any atom is 0.191 e. The number of aliphatic imine (C=N–C) groups is 1. The monoisotopic (exact) mass is 249 g/mol. The number of nitrogens with one attached hydrogen (secondary N) is 2. The number of aliphatic hydroxyl groups is 1. The molecule has 3 N–H and O–H groups in total. The predicted molar refractivity (Wildman–Crippen MR) is 57.4 cm³/mol. The van der Waals surface area contributed by atoms with E-state index in [1.54, 1.807) is 0 Å². The van der Waals surface area contributed by atoms with Crippen molar-refractivity contribution >= 4 is 22.9 Å². The van der Waals surface area contributed by atoms with E-state index in [9.17, 15) is 0 Å². The fourth-order valence-corrected chi connectivity index (χ4v) is 1.21. The fourth-order valence-electron chi connectivity index (χ4n) is 1.21. The van der Waals surface area contributed by atoms with E-state index in [2.05, 4.69) is 15.6 Å². The molecule has 1 unspecified atom stereocenters. The van der Waals surface area contributed by atoms with Crippen molar-refractivity contribution in [3.8, 4) is 0 Å². The second-order valence-electron chi connectivity index (χ2n) is 3.55. The van der Waals surface area contributed by atoms with Gasteiger partial charge in [0.15, 0.2) is 5.96 Å². The first-order chi connectivity index (χ1) is 5.84. The third-order valence-electron chi connectivity index (χ3n) is 2.22. The van der Waals surface area contributed by atoms with Crippen LogP contribution in [0.5, 0.6) is 0 Å². The normalized spacial score (nSPS) is 26.8. The van der Waals surface area contributed by atoms with Crippen LogP contribution in [0.2, 0.25) is 0 Å². The molecule has 1 fully saturated rings. The van der Waals surface area contributed by atoms with Gasteiger partial charge in [-0.1, -0.05) is 0 Å². The Morgan fingerprint density at radius 2 is 2.31 bits per heavy atom. The molecule has 0 radical (unpaired) electrons. The lowest BCUT2D eigenvalue weighted by Crippen LogP contribution is -2.46. The lowest BCUT2D eigenvalue weighted by Gasteiger charge is -2.19. The van der Waals surface area contributed by atoms with Crippen LogP contribution >= 0.6 is 17.0 Å². The zero-order valence-corrected chi connectivity index (χ0v) is 9.21. The third-order valence-corrected chi connectivity index (χ3v) is 2.22. The number of hydrogen-bond donors (Lipinski definition) is 3. The standard InChI is InChI=1S/C8H15N3O.BrH/c12-7-4-10-8(11-5-7)9-3-6-1-2-6;/h6-7,12H,1-5H2,(H2,9,10,11);1H. The Bertz CT molecular complexity index is 194. The minimum Gasteiger partial charge on any atom is -0.389 e. The summed E-state index contributed by atoms with van der Waals surface area (Å²) >= 11 is 0. The molecule has 76 valence electrons. The molecule has 0 aromatic carbocycles. The van der Waals surface area contributed by atoms with E-state index in [4.69, 9.17) is 5.11 Å². The molecule has 0 amide bonds. The average molecular weight is 250 g/mol. The Hall–Kier alpha value is -0.290. The van der Waals surface area contributed by atoms with Gasteiger partial charge in [-0.2, -0.15) is 0 Å². The molecule has 1 atom stereocenters. The van der Waals surface area contributed by atoms with Crippen molar-refractivity contribution in [1.29, 1.82) is 0 Å². The highest BCUT2D eigenvalue weighted by molar-refractivity contribution is 8.93. The van der Waals surface area contributed by atoms with E-state index < -0.39 is 0 Å². The summed E-state index contributed by atoms with van der Waals surface area (Å²) in [6.45, 7) is 2.18. The maximum atomic E-state index is 9.12. The summed E-state index contributed by atoms with van der Waals surface area (Å²) in [7, 11) is 0. The molecule has 0 aromatic rings. The van der Waals surface area contributed by atoms with Crippen molar-refractivity contribution in [2.24, 2.45) is 10.9 Å². The minimum atomic E-state index is -0.309. The zero-order chi connectivity index (χ0) is 8.39. The van der Waals surface area contributed by atoms with Gasteiger partial charge < -0.3 is 15.7 Å². The molecule has 0 bridgehead atoms. The molecular weight excluding hydrogens is 234 g/mol. The summed E-state index contributed by atoms with van der Waals surface area (Å²) < 4.78 is 0. The number of aliphatic hydroxyl groups excluding tert-OH is 1. The molecule has 2 aliphatic rings. The van der Waals surface area contributed by atoms with E-state index in [0.29, 0.717) is 13.1 Å². The maximum absolute atomic E-state index is 9.12. The quantitative estimate of drug-likeness (QED) is 0.640. The smallest absolute Gasteiger partial charge is 0.191 e. The Labute approximate surface area is 88.6 Å². The van der Waals surface area contributed by atoms with Crippen LogP contribution in [0.1, 0.15) is 12.8 Å². The first-order valence-electron chi connectivity index (χ1n) is 4.55. The second kappa shape index (κ2) is 4.81. The Kier molecular flexibility index (Phi) is 3.99. The van der Waals surface area contributed by atoms with E-state index in [1.165, 1.54) is 12.8 Å². The highest BCUT2D eigenvalue weighted by Gasteiger charge is 2.21. The van der Waals surface area contributed by atoms with E-state index >= 15 is 0 Å². The first-order valence-corrected chi connectivity index (χ1v) is 4.55. The highest BCUT2D eigenvalue weighted by atomic mass is 79.9. The van der Waals surface area contributed by atoms with Gasteiger partial charge in [-0.15, -0.1) is 17.0 Å². The summed E-state index contributed by atoms with van der Waals surface area (Å²) in [4.78, 5) is 4.15. The number of rotatable bonds is 2. The van der Waals surface area contributed by atoms with Crippen molar-refractivity contribution in [2.45, 2.75) is 18.9 Å². The molecule has 1 heterocycles. The van der Waals surface area contributed by atoms with Gasteiger partial charge in [0.2, 0.25) is 0 Å². The summed E-state index contributed by atoms with van der Waals surface area (Å²) in [5, 5.41) is 15.4. The molecule has 2 rings (SSSR count). The molecule has 1 aliphatic heterocycles. The van der Waals surface area contributed by atoms with Crippen molar-refractivity contribution in [3.63, 3.8) is 0 Å². The molecule has 1 aliphatic carbocycles. The van der Waals surface area contributed by atoms with Crippen LogP contribution in [0.3, 0.4) is 0 Å². The van der Waals surface area contributed by atoms with Crippen LogP contribution in [0.4, 0.5) is 0 Å². The number of hydrogen-bond acceptors (Lipinski definition) is 4. The lowest BCUT2D eigenvalue weighted by molar-refractivity contribution is 0.180. The summed E-state index contributed by atoms with van der Waals surface area (Å²) in [6.07, 6.45) is 2.39. The molecular formula is C8H16BrN3O. The number of guanidine groups is 1. The van der Waals surface area contributed by atoms with Crippen molar-refractivity contribution < 1.29 is 5.11 Å². The van der Waals surface area contributed by atoms with Crippen LogP contribution in [-0.2, 0) is 0 Å². The summed E-state index contributed by atoms with van der Waals surface area (Å²) in [5.41, 5.74) is 0. The third kappa shape index (κ3) is 3.52. The molecule has 5 heteroatoms. The first kappa shape index (κ1) is 10.8. The van der Waals surface area contributed by atoms with Gasteiger partial charge in [0.05, 0.1) is 12.6 Å². The largest absolute Gasteiger partial charge is 0.389 e. The molecule has 0 saturated heterocycles.